The van der Waals surface area contributed by atoms with Crippen molar-refractivity contribution in [3.8, 4) is 16.9 Å². The van der Waals surface area contributed by atoms with E-state index in [-0.39, 0.29) is 5.56 Å². The number of fused-ring (bicyclic) bond motifs is 1. The van der Waals surface area contributed by atoms with Crippen molar-refractivity contribution in [3.05, 3.63) is 101 Å². The molecule has 4 rings (SSSR count). The number of hydrogen-bond donors (Lipinski definition) is 0. The first-order chi connectivity index (χ1) is 11.7. The van der Waals surface area contributed by atoms with Crippen molar-refractivity contribution in [2.45, 2.75) is 6.92 Å². The fraction of sp³-hybridized carbons (Fsp3) is 0.0455. The Morgan fingerprint density at radius 1 is 0.750 bits per heavy atom. The van der Waals surface area contributed by atoms with Gasteiger partial charge in [0.2, 0.25) is 0 Å². The standard InChI is InChI=1S/C22H17NO/c1-16-11-13-17(14-12-16)21-15-18-7-5-6-10-20(18)22(24)23(21)19-8-3-2-4-9-19/h2-15H,1H3. The van der Waals surface area contributed by atoms with Gasteiger partial charge >= 0.3 is 0 Å². The van der Waals surface area contributed by atoms with E-state index in [0.717, 1.165) is 27.7 Å². The molecule has 0 spiro atoms. The molecule has 0 bridgehead atoms. The van der Waals surface area contributed by atoms with Gasteiger partial charge in [0.05, 0.1) is 5.69 Å². The molecule has 0 saturated carbocycles. The van der Waals surface area contributed by atoms with E-state index in [1.54, 1.807) is 4.57 Å². The smallest absolute Gasteiger partial charge is 0.263 e. The fourth-order valence-corrected chi connectivity index (χ4v) is 3.03. The first-order valence-corrected chi connectivity index (χ1v) is 8.01. The van der Waals surface area contributed by atoms with Crippen LogP contribution >= 0.6 is 0 Å². The van der Waals surface area contributed by atoms with Gasteiger partial charge in [-0.3, -0.25) is 9.36 Å². The highest BCUT2D eigenvalue weighted by molar-refractivity contribution is 5.86. The van der Waals surface area contributed by atoms with E-state index in [2.05, 4.69) is 37.3 Å². The maximum atomic E-state index is 13.2. The summed E-state index contributed by atoms with van der Waals surface area (Å²) in [6.45, 7) is 2.06. The molecule has 116 valence electrons. The summed E-state index contributed by atoms with van der Waals surface area (Å²) in [6.07, 6.45) is 0. The van der Waals surface area contributed by atoms with E-state index in [9.17, 15) is 4.79 Å². The van der Waals surface area contributed by atoms with E-state index >= 15 is 0 Å². The third-order valence-electron chi connectivity index (χ3n) is 4.29. The van der Waals surface area contributed by atoms with Crippen LogP contribution in [-0.4, -0.2) is 4.57 Å². The molecule has 2 nitrogen and oxygen atoms in total. The molecule has 2 heteroatoms. The van der Waals surface area contributed by atoms with E-state index in [4.69, 9.17) is 0 Å². The Labute approximate surface area is 140 Å². The molecule has 24 heavy (non-hydrogen) atoms. The van der Waals surface area contributed by atoms with E-state index in [1.807, 2.05) is 54.6 Å². The highest BCUT2D eigenvalue weighted by atomic mass is 16.1. The lowest BCUT2D eigenvalue weighted by molar-refractivity contribution is 1.02. The largest absolute Gasteiger partial charge is 0.276 e. The minimum absolute atomic E-state index is 0.00914. The van der Waals surface area contributed by atoms with Crippen LogP contribution in [0.25, 0.3) is 27.7 Å². The summed E-state index contributed by atoms with van der Waals surface area (Å²) in [6, 6.07) is 27.9. The van der Waals surface area contributed by atoms with Gasteiger partial charge in [0, 0.05) is 11.1 Å². The molecule has 0 fully saturated rings. The second-order valence-electron chi connectivity index (χ2n) is 5.96. The van der Waals surface area contributed by atoms with Gasteiger partial charge in [-0.05, 0) is 42.1 Å². The van der Waals surface area contributed by atoms with Gasteiger partial charge in [0.25, 0.3) is 5.56 Å². The zero-order chi connectivity index (χ0) is 16.5. The van der Waals surface area contributed by atoms with Crippen LogP contribution in [0.5, 0.6) is 0 Å². The third-order valence-corrected chi connectivity index (χ3v) is 4.29. The second-order valence-corrected chi connectivity index (χ2v) is 5.96. The third kappa shape index (κ3) is 2.42. The van der Waals surface area contributed by atoms with Gasteiger partial charge in [-0.2, -0.15) is 0 Å². The molecular formula is C22H17NO. The Bertz CT molecular complexity index is 1060. The summed E-state index contributed by atoms with van der Waals surface area (Å²) in [5, 5.41) is 1.70. The average Bonchev–Trinajstić information content (AvgIpc) is 2.63. The van der Waals surface area contributed by atoms with E-state index < -0.39 is 0 Å². The van der Waals surface area contributed by atoms with Crippen LogP contribution in [0.3, 0.4) is 0 Å². The maximum Gasteiger partial charge on any atom is 0.263 e. The Balaban J connectivity index is 2.11. The lowest BCUT2D eigenvalue weighted by atomic mass is 10.0. The first kappa shape index (κ1) is 14.5. The van der Waals surface area contributed by atoms with Crippen molar-refractivity contribution in [2.75, 3.05) is 0 Å². The molecule has 0 N–H and O–H groups in total. The van der Waals surface area contributed by atoms with Crippen molar-refractivity contribution in [1.82, 2.24) is 4.57 Å². The lowest BCUT2D eigenvalue weighted by Gasteiger charge is -2.15. The number of para-hydroxylation sites is 1. The highest BCUT2D eigenvalue weighted by Crippen LogP contribution is 2.25. The lowest BCUT2D eigenvalue weighted by Crippen LogP contribution is -2.20. The zero-order valence-electron chi connectivity index (χ0n) is 13.4. The second kappa shape index (κ2) is 5.82. The van der Waals surface area contributed by atoms with Gasteiger partial charge in [-0.15, -0.1) is 0 Å². The number of nitrogens with zero attached hydrogens (tertiary/aromatic N) is 1. The molecule has 0 aliphatic carbocycles. The molecule has 0 unspecified atom stereocenters. The molecule has 0 aliphatic rings. The Kier molecular flexibility index (Phi) is 3.51. The van der Waals surface area contributed by atoms with Gasteiger partial charge in [0.15, 0.2) is 0 Å². The molecule has 4 aromatic rings. The summed E-state index contributed by atoms with van der Waals surface area (Å²) in [7, 11) is 0. The van der Waals surface area contributed by atoms with Gasteiger partial charge in [0.1, 0.15) is 0 Å². The summed E-state index contributed by atoms with van der Waals surface area (Å²) < 4.78 is 1.80. The van der Waals surface area contributed by atoms with Gasteiger partial charge in [-0.1, -0.05) is 66.2 Å². The molecule has 1 aromatic heterocycles. The minimum Gasteiger partial charge on any atom is -0.276 e. The van der Waals surface area contributed by atoms with E-state index in [1.165, 1.54) is 5.56 Å². The highest BCUT2D eigenvalue weighted by Gasteiger charge is 2.12. The van der Waals surface area contributed by atoms with Crippen LogP contribution in [0.4, 0.5) is 0 Å². The normalized spacial score (nSPS) is 10.9. The number of aromatic nitrogens is 1. The molecule has 1 heterocycles. The molecule has 0 atom stereocenters. The Hall–Kier alpha value is -3.13. The van der Waals surface area contributed by atoms with Crippen molar-refractivity contribution >= 4 is 10.8 Å². The predicted molar refractivity (Wildman–Crippen MR) is 99.7 cm³/mol. The van der Waals surface area contributed by atoms with Crippen LogP contribution in [-0.2, 0) is 0 Å². The maximum absolute atomic E-state index is 13.2. The Morgan fingerprint density at radius 3 is 2.17 bits per heavy atom. The summed E-state index contributed by atoms with van der Waals surface area (Å²) in [4.78, 5) is 13.2. The van der Waals surface area contributed by atoms with Crippen LogP contribution < -0.4 is 5.56 Å². The first-order valence-electron chi connectivity index (χ1n) is 8.01. The minimum atomic E-state index is 0.00914. The summed E-state index contributed by atoms with van der Waals surface area (Å²) >= 11 is 0. The summed E-state index contributed by atoms with van der Waals surface area (Å²) in [5.41, 5.74) is 4.03. The van der Waals surface area contributed by atoms with Crippen LogP contribution in [0.1, 0.15) is 5.56 Å². The topological polar surface area (TPSA) is 22.0 Å². The number of hydrogen-bond acceptors (Lipinski definition) is 1. The van der Waals surface area contributed by atoms with Gasteiger partial charge < -0.3 is 0 Å². The summed E-state index contributed by atoms with van der Waals surface area (Å²) in [5.74, 6) is 0. The molecule has 0 amide bonds. The Morgan fingerprint density at radius 2 is 1.42 bits per heavy atom. The van der Waals surface area contributed by atoms with Crippen LogP contribution in [0.15, 0.2) is 89.7 Å². The molecule has 3 aromatic carbocycles. The van der Waals surface area contributed by atoms with Gasteiger partial charge in [-0.25, -0.2) is 0 Å². The van der Waals surface area contributed by atoms with Crippen molar-refractivity contribution in [1.29, 1.82) is 0 Å². The fourth-order valence-electron chi connectivity index (χ4n) is 3.03. The number of benzene rings is 3. The van der Waals surface area contributed by atoms with Crippen LogP contribution in [0.2, 0.25) is 0 Å². The molecule has 0 saturated heterocycles. The molecule has 0 aliphatic heterocycles. The average molecular weight is 311 g/mol. The monoisotopic (exact) mass is 311 g/mol. The zero-order valence-corrected chi connectivity index (χ0v) is 13.4. The van der Waals surface area contributed by atoms with Crippen molar-refractivity contribution in [2.24, 2.45) is 0 Å². The number of aryl methyl sites for hydroxylation is 1. The molecule has 0 radical (unpaired) electrons. The van der Waals surface area contributed by atoms with E-state index in [0.29, 0.717) is 0 Å². The number of pyridine rings is 1. The molecular weight excluding hydrogens is 294 g/mol. The van der Waals surface area contributed by atoms with Crippen molar-refractivity contribution < 1.29 is 0 Å². The van der Waals surface area contributed by atoms with Crippen LogP contribution in [0, 0.1) is 6.92 Å². The SMILES string of the molecule is Cc1ccc(-c2cc3ccccc3c(=O)n2-c2ccccc2)cc1. The van der Waals surface area contributed by atoms with Crippen molar-refractivity contribution in [3.63, 3.8) is 0 Å². The quantitative estimate of drug-likeness (QED) is 0.512. The number of rotatable bonds is 2. The predicted octanol–water partition coefficient (Wildman–Crippen LogP) is 4.97.